The van der Waals surface area contributed by atoms with E-state index in [4.69, 9.17) is 9.84 Å². The summed E-state index contributed by atoms with van der Waals surface area (Å²) in [5, 5.41) is 8.83. The lowest BCUT2D eigenvalue weighted by Crippen LogP contribution is -1.99. The van der Waals surface area contributed by atoms with E-state index in [0.29, 0.717) is 12.7 Å². The van der Waals surface area contributed by atoms with Crippen LogP contribution in [0.4, 0.5) is 8.78 Å². The first-order valence-electron chi connectivity index (χ1n) is 4.46. The molecule has 1 aromatic carbocycles. The van der Waals surface area contributed by atoms with Gasteiger partial charge in [-0.15, -0.1) is 0 Å². The number of aromatic hydroxyl groups is 1. The Morgan fingerprint density at radius 2 is 2.00 bits per heavy atom. The average Bonchev–Trinajstić information content (AvgIpc) is 2.14. The second-order valence-electron chi connectivity index (χ2n) is 2.94. The first-order chi connectivity index (χ1) is 6.65. The highest BCUT2D eigenvalue weighted by Gasteiger charge is 2.09. The smallest absolute Gasteiger partial charge is 0.168 e. The molecule has 0 saturated carbocycles. The lowest BCUT2D eigenvalue weighted by atomic mass is 10.3. The summed E-state index contributed by atoms with van der Waals surface area (Å²) in [6.45, 7) is 2.31. The van der Waals surface area contributed by atoms with Crippen molar-refractivity contribution in [3.8, 4) is 11.5 Å². The van der Waals surface area contributed by atoms with Crippen LogP contribution in [0.2, 0.25) is 0 Å². The summed E-state index contributed by atoms with van der Waals surface area (Å²) >= 11 is 0. The van der Waals surface area contributed by atoms with Crippen LogP contribution >= 0.6 is 0 Å². The van der Waals surface area contributed by atoms with Crippen LogP contribution in [-0.4, -0.2) is 11.7 Å². The molecule has 0 fully saturated rings. The number of halogens is 2. The number of benzene rings is 1. The van der Waals surface area contributed by atoms with Crippen LogP contribution in [0.1, 0.15) is 19.8 Å². The van der Waals surface area contributed by atoms with Gasteiger partial charge in [0.2, 0.25) is 0 Å². The maximum absolute atomic E-state index is 13.0. The van der Waals surface area contributed by atoms with E-state index < -0.39 is 17.4 Å². The minimum absolute atomic E-state index is 0.159. The molecule has 0 atom stereocenters. The van der Waals surface area contributed by atoms with Gasteiger partial charge >= 0.3 is 0 Å². The van der Waals surface area contributed by atoms with Crippen LogP contribution in [-0.2, 0) is 0 Å². The Bertz CT molecular complexity index is 313. The van der Waals surface area contributed by atoms with Gasteiger partial charge in [-0.25, -0.2) is 8.78 Å². The Morgan fingerprint density at radius 3 is 2.64 bits per heavy atom. The van der Waals surface area contributed by atoms with E-state index in [9.17, 15) is 8.78 Å². The van der Waals surface area contributed by atoms with Crippen LogP contribution in [0.15, 0.2) is 12.1 Å². The number of phenolic OH excluding ortho intramolecular Hbond substituents is 1. The van der Waals surface area contributed by atoms with Crippen molar-refractivity contribution in [1.29, 1.82) is 0 Å². The minimum Gasteiger partial charge on any atom is -0.505 e. The second-order valence-corrected chi connectivity index (χ2v) is 2.94. The van der Waals surface area contributed by atoms with Crippen LogP contribution in [0.25, 0.3) is 0 Å². The molecule has 0 aliphatic carbocycles. The summed E-state index contributed by atoms with van der Waals surface area (Å²) < 4.78 is 30.8. The van der Waals surface area contributed by atoms with E-state index in [2.05, 4.69) is 0 Å². The molecule has 0 amide bonds. The highest BCUT2D eigenvalue weighted by Crippen LogP contribution is 2.25. The number of rotatable bonds is 4. The van der Waals surface area contributed by atoms with E-state index in [1.165, 1.54) is 0 Å². The monoisotopic (exact) mass is 202 g/mol. The van der Waals surface area contributed by atoms with Gasteiger partial charge in [-0.1, -0.05) is 13.3 Å². The maximum atomic E-state index is 13.0. The fourth-order valence-electron chi connectivity index (χ4n) is 0.955. The Hall–Kier alpha value is -1.32. The molecule has 1 aromatic rings. The van der Waals surface area contributed by atoms with Crippen molar-refractivity contribution in [1.82, 2.24) is 0 Å². The average molecular weight is 202 g/mol. The normalized spacial score (nSPS) is 10.2. The SMILES string of the molecule is CCCCOc1cc(F)c(O)cc1F. The summed E-state index contributed by atoms with van der Waals surface area (Å²) in [6, 6.07) is 1.55. The molecule has 0 aliphatic heterocycles. The predicted molar refractivity (Wildman–Crippen MR) is 48.4 cm³/mol. The predicted octanol–water partition coefficient (Wildman–Crippen LogP) is 2.85. The molecule has 0 aromatic heterocycles. The molecule has 0 bridgehead atoms. The number of hydrogen-bond acceptors (Lipinski definition) is 2. The third kappa shape index (κ3) is 2.58. The lowest BCUT2D eigenvalue weighted by Gasteiger charge is -2.06. The van der Waals surface area contributed by atoms with Crippen molar-refractivity contribution in [2.45, 2.75) is 19.8 Å². The molecule has 0 radical (unpaired) electrons. The highest BCUT2D eigenvalue weighted by molar-refractivity contribution is 5.33. The molecule has 1 N–H and O–H groups in total. The van der Waals surface area contributed by atoms with Crippen LogP contribution in [0, 0.1) is 11.6 Å². The van der Waals surface area contributed by atoms with Gasteiger partial charge in [0.1, 0.15) is 0 Å². The molecule has 1 rings (SSSR count). The maximum Gasteiger partial charge on any atom is 0.168 e. The fourth-order valence-corrected chi connectivity index (χ4v) is 0.955. The summed E-state index contributed by atoms with van der Waals surface area (Å²) in [5.74, 6) is -2.49. The zero-order valence-electron chi connectivity index (χ0n) is 7.89. The molecule has 0 saturated heterocycles. The van der Waals surface area contributed by atoms with Gasteiger partial charge < -0.3 is 9.84 Å². The molecule has 14 heavy (non-hydrogen) atoms. The van der Waals surface area contributed by atoms with E-state index >= 15 is 0 Å². The molecule has 0 aliphatic rings. The van der Waals surface area contributed by atoms with Gasteiger partial charge in [-0.05, 0) is 6.42 Å². The highest BCUT2D eigenvalue weighted by atomic mass is 19.1. The summed E-state index contributed by atoms with van der Waals surface area (Å²) in [6.07, 6.45) is 1.70. The Balaban J connectivity index is 2.72. The first-order valence-corrected chi connectivity index (χ1v) is 4.46. The molecular formula is C10H12F2O2. The Kier molecular flexibility index (Phi) is 3.68. The summed E-state index contributed by atoms with van der Waals surface area (Å²) in [7, 11) is 0. The molecular weight excluding hydrogens is 190 g/mol. The first kappa shape index (κ1) is 10.8. The van der Waals surface area contributed by atoms with E-state index in [-0.39, 0.29) is 5.75 Å². The fraction of sp³-hybridized carbons (Fsp3) is 0.400. The molecule has 0 spiro atoms. The van der Waals surface area contributed by atoms with Crippen molar-refractivity contribution in [2.24, 2.45) is 0 Å². The molecule has 4 heteroatoms. The van der Waals surface area contributed by atoms with Crippen molar-refractivity contribution < 1.29 is 18.6 Å². The van der Waals surface area contributed by atoms with Gasteiger partial charge in [-0.3, -0.25) is 0 Å². The van der Waals surface area contributed by atoms with Gasteiger partial charge in [0, 0.05) is 12.1 Å². The van der Waals surface area contributed by atoms with Crippen molar-refractivity contribution >= 4 is 0 Å². The largest absolute Gasteiger partial charge is 0.505 e. The van der Waals surface area contributed by atoms with E-state index in [1.54, 1.807) is 0 Å². The number of ether oxygens (including phenoxy) is 1. The molecule has 0 unspecified atom stereocenters. The van der Waals surface area contributed by atoms with Gasteiger partial charge in [0.15, 0.2) is 23.1 Å². The van der Waals surface area contributed by atoms with Crippen molar-refractivity contribution in [2.75, 3.05) is 6.61 Å². The second kappa shape index (κ2) is 4.79. The topological polar surface area (TPSA) is 29.5 Å². The lowest BCUT2D eigenvalue weighted by molar-refractivity contribution is 0.290. The van der Waals surface area contributed by atoms with Crippen molar-refractivity contribution in [3.63, 3.8) is 0 Å². The van der Waals surface area contributed by atoms with Crippen LogP contribution in [0.3, 0.4) is 0 Å². The molecule has 78 valence electrons. The van der Waals surface area contributed by atoms with Crippen molar-refractivity contribution in [3.05, 3.63) is 23.8 Å². The summed E-state index contributed by atoms with van der Waals surface area (Å²) in [4.78, 5) is 0. The number of unbranched alkanes of at least 4 members (excludes halogenated alkanes) is 1. The zero-order valence-corrected chi connectivity index (χ0v) is 7.89. The zero-order chi connectivity index (χ0) is 10.6. The quantitative estimate of drug-likeness (QED) is 0.761. The standard InChI is InChI=1S/C10H12F2O2/c1-2-3-4-14-10-6-7(11)9(13)5-8(10)12/h5-6,13H,2-4H2,1H3. The van der Waals surface area contributed by atoms with Crippen LogP contribution in [0.5, 0.6) is 11.5 Å². The van der Waals surface area contributed by atoms with E-state index in [0.717, 1.165) is 18.9 Å². The molecule has 2 nitrogen and oxygen atoms in total. The summed E-state index contributed by atoms with van der Waals surface area (Å²) in [5.41, 5.74) is 0. The third-order valence-electron chi connectivity index (χ3n) is 1.76. The number of phenols is 1. The third-order valence-corrected chi connectivity index (χ3v) is 1.76. The molecule has 0 heterocycles. The number of hydrogen-bond donors (Lipinski definition) is 1. The van der Waals surface area contributed by atoms with Gasteiger partial charge in [-0.2, -0.15) is 0 Å². The Morgan fingerprint density at radius 1 is 1.29 bits per heavy atom. The minimum atomic E-state index is -0.877. The van der Waals surface area contributed by atoms with Gasteiger partial charge in [0.25, 0.3) is 0 Å². The Labute approximate surface area is 81.1 Å². The van der Waals surface area contributed by atoms with E-state index in [1.807, 2.05) is 6.92 Å². The van der Waals surface area contributed by atoms with Gasteiger partial charge in [0.05, 0.1) is 6.61 Å². The van der Waals surface area contributed by atoms with Crippen LogP contribution < -0.4 is 4.74 Å².